The highest BCUT2D eigenvalue weighted by atomic mass is 16.5. The largest absolute Gasteiger partial charge is 0.493 e. The Morgan fingerprint density at radius 1 is 1.26 bits per heavy atom. The minimum atomic E-state index is -0.00160. The Balaban J connectivity index is 1.78. The first-order valence-electron chi connectivity index (χ1n) is 7.62. The number of aromatic amines is 1. The molecule has 0 saturated heterocycles. The van der Waals surface area contributed by atoms with Crippen LogP contribution >= 0.6 is 0 Å². The molecule has 0 fully saturated rings. The van der Waals surface area contributed by atoms with Crippen molar-refractivity contribution in [2.75, 3.05) is 20.8 Å². The van der Waals surface area contributed by atoms with E-state index in [0.29, 0.717) is 12.4 Å². The predicted octanol–water partition coefficient (Wildman–Crippen LogP) is 1.65. The van der Waals surface area contributed by atoms with Gasteiger partial charge in [-0.25, -0.2) is 4.98 Å². The van der Waals surface area contributed by atoms with E-state index in [-0.39, 0.29) is 5.56 Å². The monoisotopic (exact) mass is 315 g/mol. The quantitative estimate of drug-likeness (QED) is 0.929. The van der Waals surface area contributed by atoms with Gasteiger partial charge in [0.1, 0.15) is 5.82 Å². The van der Waals surface area contributed by atoms with Crippen LogP contribution in [0.2, 0.25) is 0 Å². The maximum Gasteiger partial charge on any atom is 0.254 e. The van der Waals surface area contributed by atoms with Crippen LogP contribution in [0.15, 0.2) is 23.0 Å². The molecule has 6 heteroatoms. The topological polar surface area (TPSA) is 67.5 Å². The summed E-state index contributed by atoms with van der Waals surface area (Å²) in [5.41, 5.74) is 2.85. The third-order valence-corrected chi connectivity index (χ3v) is 4.13. The smallest absolute Gasteiger partial charge is 0.254 e. The van der Waals surface area contributed by atoms with Crippen molar-refractivity contribution in [3.63, 3.8) is 0 Å². The number of benzene rings is 1. The maximum atomic E-state index is 12.0. The fourth-order valence-electron chi connectivity index (χ4n) is 2.99. The predicted molar refractivity (Wildman–Crippen MR) is 87.0 cm³/mol. The highest BCUT2D eigenvalue weighted by Gasteiger charge is 2.20. The number of methoxy groups -OCH3 is 2. The van der Waals surface area contributed by atoms with Gasteiger partial charge >= 0.3 is 0 Å². The fraction of sp³-hybridized carbons (Fsp3) is 0.412. The lowest BCUT2D eigenvalue weighted by Crippen LogP contribution is -2.35. The van der Waals surface area contributed by atoms with Crippen molar-refractivity contribution in [1.29, 1.82) is 0 Å². The first kappa shape index (κ1) is 15.6. The molecule has 1 aliphatic rings. The number of H-pyrrole nitrogens is 1. The van der Waals surface area contributed by atoms with Gasteiger partial charge in [-0.1, -0.05) is 6.07 Å². The molecule has 0 unspecified atom stereocenters. The van der Waals surface area contributed by atoms with Gasteiger partial charge in [0.2, 0.25) is 0 Å². The lowest BCUT2D eigenvalue weighted by atomic mass is 10.1. The molecule has 0 atom stereocenters. The Morgan fingerprint density at radius 2 is 2.04 bits per heavy atom. The van der Waals surface area contributed by atoms with Gasteiger partial charge in [-0.15, -0.1) is 0 Å². The van der Waals surface area contributed by atoms with E-state index in [9.17, 15) is 4.79 Å². The Hall–Kier alpha value is -2.34. The van der Waals surface area contributed by atoms with Crippen molar-refractivity contribution in [2.45, 2.75) is 26.4 Å². The normalized spacial score (nSPS) is 14.4. The average Bonchev–Trinajstić information content (AvgIpc) is 2.54. The molecule has 23 heavy (non-hydrogen) atoms. The second-order valence-corrected chi connectivity index (χ2v) is 5.73. The van der Waals surface area contributed by atoms with Crippen molar-refractivity contribution < 1.29 is 9.47 Å². The van der Waals surface area contributed by atoms with Crippen molar-refractivity contribution in [2.24, 2.45) is 0 Å². The lowest BCUT2D eigenvalue weighted by molar-refractivity contribution is 0.239. The molecule has 1 aliphatic heterocycles. The molecule has 0 spiro atoms. The van der Waals surface area contributed by atoms with Crippen LogP contribution in [0.4, 0.5) is 0 Å². The third kappa shape index (κ3) is 3.22. The second-order valence-electron chi connectivity index (χ2n) is 5.73. The van der Waals surface area contributed by atoms with Gasteiger partial charge in [0.25, 0.3) is 5.56 Å². The van der Waals surface area contributed by atoms with Gasteiger partial charge in [-0.05, 0) is 31.0 Å². The van der Waals surface area contributed by atoms with Gasteiger partial charge in [0, 0.05) is 25.2 Å². The summed E-state index contributed by atoms with van der Waals surface area (Å²) in [4.78, 5) is 21.5. The molecule has 0 amide bonds. The summed E-state index contributed by atoms with van der Waals surface area (Å²) < 4.78 is 10.6. The first-order chi connectivity index (χ1) is 11.1. The van der Waals surface area contributed by atoms with Crippen LogP contribution in [-0.4, -0.2) is 35.6 Å². The van der Waals surface area contributed by atoms with E-state index >= 15 is 0 Å². The minimum absolute atomic E-state index is 0.00160. The van der Waals surface area contributed by atoms with E-state index in [4.69, 9.17) is 9.47 Å². The number of hydrogen-bond acceptors (Lipinski definition) is 5. The molecular formula is C17H21N3O3. The molecule has 0 bridgehead atoms. The van der Waals surface area contributed by atoms with Crippen molar-refractivity contribution in [3.8, 4) is 11.5 Å². The van der Waals surface area contributed by atoms with Crippen LogP contribution in [0.3, 0.4) is 0 Å². The molecule has 2 heterocycles. The van der Waals surface area contributed by atoms with Crippen LogP contribution in [0.25, 0.3) is 0 Å². The Bertz CT molecular complexity index is 770. The van der Waals surface area contributed by atoms with Gasteiger partial charge in [0.15, 0.2) is 11.5 Å². The molecule has 0 aliphatic carbocycles. The number of aryl methyl sites for hydroxylation is 1. The van der Waals surface area contributed by atoms with Crippen LogP contribution < -0.4 is 15.0 Å². The Morgan fingerprint density at radius 3 is 2.78 bits per heavy atom. The molecule has 1 N–H and O–H groups in total. The zero-order valence-electron chi connectivity index (χ0n) is 13.7. The molecule has 6 nitrogen and oxygen atoms in total. The fourth-order valence-corrected chi connectivity index (χ4v) is 2.99. The number of hydrogen-bond donors (Lipinski definition) is 1. The number of aromatic nitrogens is 2. The van der Waals surface area contributed by atoms with E-state index in [2.05, 4.69) is 14.9 Å². The summed E-state index contributed by atoms with van der Waals surface area (Å²) in [6.45, 7) is 4.13. The van der Waals surface area contributed by atoms with Crippen molar-refractivity contribution >= 4 is 0 Å². The molecule has 0 saturated carbocycles. The molecule has 122 valence electrons. The number of fused-ring (bicyclic) bond motifs is 1. The standard InChI is InChI=1S/C17H21N3O3/c1-11-18-14-10-20(7-6-13(14)17(21)19-11)9-12-4-5-15(22-2)16(8-12)23-3/h4-5,8H,6-7,9-10H2,1-3H3,(H,18,19,21). The summed E-state index contributed by atoms with van der Waals surface area (Å²) in [5, 5.41) is 0. The number of ether oxygens (including phenoxy) is 2. The molecule has 1 aromatic carbocycles. The zero-order valence-corrected chi connectivity index (χ0v) is 13.7. The van der Waals surface area contributed by atoms with Gasteiger partial charge < -0.3 is 14.5 Å². The molecule has 3 rings (SSSR count). The number of nitrogens with one attached hydrogen (secondary N) is 1. The summed E-state index contributed by atoms with van der Waals surface area (Å²) in [6.07, 6.45) is 0.727. The average molecular weight is 315 g/mol. The highest BCUT2D eigenvalue weighted by Crippen LogP contribution is 2.28. The summed E-state index contributed by atoms with van der Waals surface area (Å²) in [5.74, 6) is 2.12. The van der Waals surface area contributed by atoms with Gasteiger partial charge in [-0.3, -0.25) is 9.69 Å². The SMILES string of the molecule is COc1ccc(CN2CCc3c(nc(C)[nH]c3=O)C2)cc1OC. The van der Waals surface area contributed by atoms with E-state index in [1.807, 2.05) is 25.1 Å². The van der Waals surface area contributed by atoms with Crippen molar-refractivity contribution in [3.05, 3.63) is 51.2 Å². The van der Waals surface area contributed by atoms with E-state index in [1.165, 1.54) is 0 Å². The van der Waals surface area contributed by atoms with E-state index < -0.39 is 0 Å². The minimum Gasteiger partial charge on any atom is -0.493 e. The molecular weight excluding hydrogens is 294 g/mol. The van der Waals surface area contributed by atoms with E-state index in [1.54, 1.807) is 14.2 Å². The number of nitrogens with zero attached hydrogens (tertiary/aromatic N) is 2. The van der Waals surface area contributed by atoms with Crippen LogP contribution in [0.1, 0.15) is 22.6 Å². The Kier molecular flexibility index (Phi) is 4.34. The van der Waals surface area contributed by atoms with Crippen LogP contribution in [-0.2, 0) is 19.5 Å². The Labute approximate surface area is 135 Å². The van der Waals surface area contributed by atoms with Crippen LogP contribution in [0, 0.1) is 6.92 Å². The zero-order chi connectivity index (χ0) is 16.4. The molecule has 0 radical (unpaired) electrons. The summed E-state index contributed by atoms with van der Waals surface area (Å²) in [6, 6.07) is 5.94. The molecule has 2 aromatic rings. The van der Waals surface area contributed by atoms with Gasteiger partial charge in [-0.2, -0.15) is 0 Å². The molecule has 1 aromatic heterocycles. The third-order valence-electron chi connectivity index (χ3n) is 4.13. The lowest BCUT2D eigenvalue weighted by Gasteiger charge is -2.27. The highest BCUT2D eigenvalue weighted by molar-refractivity contribution is 5.42. The maximum absolute atomic E-state index is 12.0. The van der Waals surface area contributed by atoms with Gasteiger partial charge in [0.05, 0.1) is 19.9 Å². The van der Waals surface area contributed by atoms with E-state index in [0.717, 1.165) is 47.8 Å². The van der Waals surface area contributed by atoms with Crippen LogP contribution in [0.5, 0.6) is 11.5 Å². The second kappa shape index (κ2) is 6.42. The summed E-state index contributed by atoms with van der Waals surface area (Å²) >= 11 is 0. The number of rotatable bonds is 4. The summed E-state index contributed by atoms with van der Waals surface area (Å²) in [7, 11) is 3.27. The van der Waals surface area contributed by atoms with Crippen molar-refractivity contribution in [1.82, 2.24) is 14.9 Å². The first-order valence-corrected chi connectivity index (χ1v) is 7.62.